The molecule has 0 unspecified atom stereocenters. The van der Waals surface area contributed by atoms with Crippen LogP contribution in [0, 0.1) is 19.6 Å². The average Bonchev–Trinajstić information content (AvgIpc) is 3.61. The van der Waals surface area contributed by atoms with Crippen LogP contribution in [-0.4, -0.2) is 19.5 Å². The molecule has 4 aromatic heterocycles. The normalized spacial score (nSPS) is 13.6. The molecule has 8 aromatic rings. The van der Waals surface area contributed by atoms with Crippen molar-refractivity contribution in [1.29, 1.82) is 0 Å². The molecule has 0 aliphatic rings. The van der Waals surface area contributed by atoms with E-state index in [1.54, 1.807) is 12.1 Å². The first-order valence-corrected chi connectivity index (χ1v) is 15.3. The third-order valence-electron chi connectivity index (χ3n) is 8.74. The quantitative estimate of drug-likeness (QED) is 0.203. The van der Waals surface area contributed by atoms with Gasteiger partial charge < -0.3 is 4.42 Å². The van der Waals surface area contributed by atoms with Crippen molar-refractivity contribution >= 4 is 54.9 Å². The van der Waals surface area contributed by atoms with Crippen LogP contribution in [0.3, 0.4) is 0 Å². The van der Waals surface area contributed by atoms with Crippen LogP contribution in [0.4, 0.5) is 4.39 Å². The number of benzene rings is 4. The van der Waals surface area contributed by atoms with Gasteiger partial charge >= 0.3 is 0 Å². The number of furan rings is 1. The Kier molecular flexibility index (Phi) is 5.37. The lowest BCUT2D eigenvalue weighted by molar-refractivity contribution is 0.629. The Bertz CT molecular complexity index is 2570. The Hall–Kier alpha value is -5.10. The van der Waals surface area contributed by atoms with E-state index in [2.05, 4.69) is 51.3 Å². The van der Waals surface area contributed by atoms with E-state index in [0.29, 0.717) is 39.1 Å². The van der Waals surface area contributed by atoms with Gasteiger partial charge in [-0.15, -0.1) is 0 Å². The average molecular weight is 596 g/mol. The van der Waals surface area contributed by atoms with Gasteiger partial charge in [-0.2, -0.15) is 0 Å². The minimum Gasteiger partial charge on any atom is -0.437 e. The summed E-state index contributed by atoms with van der Waals surface area (Å²) in [7, 11) is 0. The second-order valence-corrected chi connectivity index (χ2v) is 12.5. The fourth-order valence-corrected chi connectivity index (χ4v) is 6.65. The molecule has 0 amide bonds. The van der Waals surface area contributed by atoms with Gasteiger partial charge in [-0.25, -0.2) is 14.4 Å². The molecule has 0 aliphatic heterocycles. The summed E-state index contributed by atoms with van der Waals surface area (Å²) in [6, 6.07) is 24.1. The lowest BCUT2D eigenvalue weighted by Crippen LogP contribution is -2.10. The van der Waals surface area contributed by atoms with Crippen LogP contribution in [0.25, 0.3) is 72.0 Å². The summed E-state index contributed by atoms with van der Waals surface area (Å²) in [6.45, 7) is 8.48. The maximum atomic E-state index is 14.2. The van der Waals surface area contributed by atoms with Gasteiger partial charge in [-0.3, -0.25) is 9.55 Å². The largest absolute Gasteiger partial charge is 0.437 e. The summed E-state index contributed by atoms with van der Waals surface area (Å²) in [6.07, 6.45) is 0. The number of imidazole rings is 1. The molecule has 0 atom stereocenters. The van der Waals surface area contributed by atoms with Crippen molar-refractivity contribution in [2.75, 3.05) is 0 Å². The van der Waals surface area contributed by atoms with Crippen molar-refractivity contribution in [2.45, 2.75) is 53.3 Å². The van der Waals surface area contributed by atoms with Crippen LogP contribution < -0.4 is 0 Å². The second kappa shape index (κ2) is 9.96. The topological polar surface area (TPSA) is 56.7 Å². The molecule has 0 bridgehead atoms. The van der Waals surface area contributed by atoms with Crippen LogP contribution in [0.1, 0.15) is 66.0 Å². The molecule has 0 saturated carbocycles. The van der Waals surface area contributed by atoms with Gasteiger partial charge in [0, 0.05) is 31.4 Å². The van der Waals surface area contributed by atoms with Crippen molar-refractivity contribution < 1.29 is 12.9 Å². The predicted octanol–water partition coefficient (Wildman–Crippen LogP) is 10.7. The Labute approximate surface area is 264 Å². The molecular formula is C39H33FN4O. The summed E-state index contributed by atoms with van der Waals surface area (Å²) < 4.78 is 47.3. The Morgan fingerprint density at radius 3 is 2.29 bits per heavy atom. The lowest BCUT2D eigenvalue weighted by atomic mass is 9.90. The van der Waals surface area contributed by atoms with Gasteiger partial charge in [0.05, 0.1) is 33.3 Å². The fraction of sp³-hybridized carbons (Fsp3) is 0.205. The standard InChI is InChI=1S/C39H33FN4O/c1-20(2)29-16-22(5)17-30(21(3)4)35(29)44-36-33(14-12-24-11-10-23(6)41-34(24)36)42-38(44)28-9-7-8-27-31-19-25-18-26(40)13-15-32(25)43-39(31)45-37(27)28/h7-21H,1-6H3/i6D3. The summed E-state index contributed by atoms with van der Waals surface area (Å²) >= 11 is 0. The zero-order valence-corrected chi connectivity index (χ0v) is 25.7. The van der Waals surface area contributed by atoms with Gasteiger partial charge in [-0.1, -0.05) is 69.7 Å². The van der Waals surface area contributed by atoms with Crippen molar-refractivity contribution in [3.63, 3.8) is 0 Å². The molecule has 8 rings (SSSR count). The number of nitrogens with zero attached hydrogens (tertiary/aromatic N) is 4. The van der Waals surface area contributed by atoms with E-state index in [9.17, 15) is 4.39 Å². The number of halogens is 1. The highest BCUT2D eigenvalue weighted by Crippen LogP contribution is 2.42. The summed E-state index contributed by atoms with van der Waals surface area (Å²) in [5.41, 5.74) is 8.93. The first-order chi connectivity index (χ1) is 22.9. The lowest BCUT2D eigenvalue weighted by Gasteiger charge is -2.24. The third kappa shape index (κ3) is 4.23. The highest BCUT2D eigenvalue weighted by atomic mass is 19.1. The number of para-hydroxylation sites is 1. The molecule has 0 radical (unpaired) electrons. The number of aromatic nitrogens is 4. The van der Waals surface area contributed by atoms with E-state index in [1.807, 2.05) is 42.5 Å². The number of aryl methyl sites for hydroxylation is 2. The van der Waals surface area contributed by atoms with E-state index >= 15 is 0 Å². The predicted molar refractivity (Wildman–Crippen MR) is 182 cm³/mol. The molecule has 45 heavy (non-hydrogen) atoms. The highest BCUT2D eigenvalue weighted by Gasteiger charge is 2.26. The minimum absolute atomic E-state index is 0.0304. The minimum atomic E-state index is -2.38. The molecule has 6 heteroatoms. The molecule has 0 aliphatic carbocycles. The summed E-state index contributed by atoms with van der Waals surface area (Å²) in [5, 5.41) is 3.12. The maximum Gasteiger partial charge on any atom is 0.227 e. The van der Waals surface area contributed by atoms with E-state index in [0.717, 1.165) is 44.1 Å². The molecule has 0 spiro atoms. The summed E-state index contributed by atoms with van der Waals surface area (Å²) in [5.74, 6) is 0.657. The third-order valence-corrected chi connectivity index (χ3v) is 8.74. The van der Waals surface area contributed by atoms with Crippen molar-refractivity contribution in [2.24, 2.45) is 0 Å². The van der Waals surface area contributed by atoms with Gasteiger partial charge in [0.15, 0.2) is 0 Å². The SMILES string of the molecule is [2H]C([2H])([2H])c1ccc2ccc3nc(-c4cccc5c4oc4nc6ccc(F)cc6cc45)n(-c4c(C(C)C)cc(C)cc4C(C)C)c3c2n1. The molecule has 4 aromatic carbocycles. The van der Waals surface area contributed by atoms with Crippen LogP contribution in [-0.2, 0) is 0 Å². The van der Waals surface area contributed by atoms with E-state index in [1.165, 1.54) is 17.7 Å². The molecule has 5 nitrogen and oxygen atoms in total. The Balaban J connectivity index is 1.55. The first kappa shape index (κ1) is 24.2. The van der Waals surface area contributed by atoms with Gasteiger partial charge in [0.2, 0.25) is 5.71 Å². The van der Waals surface area contributed by atoms with Crippen molar-refractivity contribution in [1.82, 2.24) is 19.5 Å². The molecule has 0 saturated heterocycles. The van der Waals surface area contributed by atoms with Crippen molar-refractivity contribution in [3.05, 3.63) is 107 Å². The number of rotatable bonds is 4. The molecule has 222 valence electrons. The Morgan fingerprint density at radius 1 is 0.778 bits per heavy atom. The van der Waals surface area contributed by atoms with Crippen LogP contribution in [0.5, 0.6) is 0 Å². The maximum absolute atomic E-state index is 14.2. The van der Waals surface area contributed by atoms with Crippen molar-refractivity contribution in [3.8, 4) is 17.1 Å². The monoisotopic (exact) mass is 595 g/mol. The number of fused-ring (bicyclic) bond motifs is 7. The molecule has 0 N–H and O–H groups in total. The van der Waals surface area contributed by atoms with Gasteiger partial charge in [0.25, 0.3) is 0 Å². The van der Waals surface area contributed by atoms with Crippen LogP contribution >= 0.6 is 0 Å². The van der Waals surface area contributed by atoms with Crippen LogP contribution in [0.15, 0.2) is 83.3 Å². The fourth-order valence-electron chi connectivity index (χ4n) is 6.65. The summed E-state index contributed by atoms with van der Waals surface area (Å²) in [4.78, 5) is 14.8. The highest BCUT2D eigenvalue weighted by molar-refractivity contribution is 6.12. The van der Waals surface area contributed by atoms with E-state index < -0.39 is 6.85 Å². The van der Waals surface area contributed by atoms with E-state index in [-0.39, 0.29) is 23.3 Å². The number of hydrogen-bond acceptors (Lipinski definition) is 4. The zero-order valence-electron chi connectivity index (χ0n) is 28.7. The van der Waals surface area contributed by atoms with Gasteiger partial charge in [0.1, 0.15) is 17.2 Å². The van der Waals surface area contributed by atoms with Gasteiger partial charge in [-0.05, 0) is 79.2 Å². The van der Waals surface area contributed by atoms with Crippen LogP contribution in [0.2, 0.25) is 0 Å². The molecule has 0 fully saturated rings. The number of hydrogen-bond donors (Lipinski definition) is 0. The second-order valence-electron chi connectivity index (χ2n) is 12.5. The zero-order chi connectivity index (χ0) is 33.6. The first-order valence-electron chi connectivity index (χ1n) is 16.8. The number of pyridine rings is 2. The molecule has 4 heterocycles. The Morgan fingerprint density at radius 2 is 1.53 bits per heavy atom. The molecular weight excluding hydrogens is 559 g/mol. The smallest absolute Gasteiger partial charge is 0.227 e. The van der Waals surface area contributed by atoms with E-state index in [4.69, 9.17) is 23.5 Å².